The smallest absolute Gasteiger partial charge is 0.120 e. The average molecular weight is 494 g/mol. The van der Waals surface area contributed by atoms with Crippen molar-refractivity contribution in [2.45, 2.75) is 45.6 Å². The van der Waals surface area contributed by atoms with Crippen molar-refractivity contribution in [2.24, 2.45) is 0 Å². The molecule has 0 aromatic heterocycles. The van der Waals surface area contributed by atoms with Crippen LogP contribution in [0.1, 0.15) is 43.1 Å². The third kappa shape index (κ3) is 9.88. The van der Waals surface area contributed by atoms with Gasteiger partial charge in [-0.3, -0.25) is 4.90 Å². The number of hydrogen-bond acceptors (Lipinski definition) is 3. The molecule has 3 aromatic rings. The van der Waals surface area contributed by atoms with Crippen molar-refractivity contribution in [2.75, 3.05) is 6.54 Å². The van der Waals surface area contributed by atoms with Crippen molar-refractivity contribution in [3.8, 4) is 5.75 Å². The summed E-state index contributed by atoms with van der Waals surface area (Å²) in [6, 6.07) is 28.6. The normalized spacial score (nSPS) is 12.0. The Bertz CT molecular complexity index is 826. The van der Waals surface area contributed by atoms with Gasteiger partial charge in [-0.1, -0.05) is 79.7 Å². The van der Waals surface area contributed by atoms with E-state index in [4.69, 9.17) is 4.74 Å². The minimum Gasteiger partial charge on any atom is -0.491 e. The molecule has 0 bridgehead atoms. The fraction of sp³-hybridized carbons (Fsp3) is 0.308. The molecular weight excluding hydrogens is 458 g/mol. The van der Waals surface area contributed by atoms with E-state index in [1.54, 1.807) is 0 Å². The van der Waals surface area contributed by atoms with E-state index < -0.39 is 6.10 Å². The summed E-state index contributed by atoms with van der Waals surface area (Å²) < 4.78 is 5.93. The van der Waals surface area contributed by atoms with E-state index in [0.29, 0.717) is 6.54 Å². The number of nitrogens with zero attached hydrogens (tertiary/aromatic N) is 1. The summed E-state index contributed by atoms with van der Waals surface area (Å²) in [5.74, 6) is 0.813. The lowest BCUT2D eigenvalue weighted by atomic mass is 10.1. The number of ether oxygens (including phenoxy) is 1. The molecule has 2 atom stereocenters. The summed E-state index contributed by atoms with van der Waals surface area (Å²) in [6.45, 7) is 6.29. The molecule has 0 spiro atoms. The molecule has 0 aliphatic carbocycles. The monoisotopic (exact) mass is 493 g/mol. The zero-order valence-corrected chi connectivity index (χ0v) is 21.6. The summed E-state index contributed by atoms with van der Waals surface area (Å²) in [5.41, 5.74) is 3.37. The summed E-state index contributed by atoms with van der Waals surface area (Å²) >= 11 is 0. The van der Waals surface area contributed by atoms with Gasteiger partial charge in [0.05, 0.1) is 12.2 Å². The van der Waals surface area contributed by atoms with Crippen molar-refractivity contribution < 1.29 is 9.84 Å². The second kappa shape index (κ2) is 16.1. The van der Waals surface area contributed by atoms with Gasteiger partial charge in [0.15, 0.2) is 0 Å². The maximum Gasteiger partial charge on any atom is 0.120 e. The second-order valence-corrected chi connectivity index (χ2v) is 7.57. The lowest BCUT2D eigenvalue weighted by molar-refractivity contribution is 0.104. The number of benzene rings is 3. The van der Waals surface area contributed by atoms with Crippen molar-refractivity contribution in [1.82, 2.24) is 4.90 Å². The highest BCUT2D eigenvalue weighted by molar-refractivity contribution is 7.59. The van der Waals surface area contributed by atoms with Gasteiger partial charge in [0, 0.05) is 19.6 Å². The third-order valence-electron chi connectivity index (χ3n) is 5.08. The van der Waals surface area contributed by atoms with E-state index in [1.165, 1.54) is 11.1 Å². The largest absolute Gasteiger partial charge is 0.491 e. The van der Waals surface area contributed by atoms with Crippen LogP contribution in [0.15, 0.2) is 84.9 Å². The fourth-order valence-corrected chi connectivity index (χ4v) is 3.33. The molecule has 3 aromatic carbocycles. The SMILES string of the molecule is CC[C@H](C)Oc1cccc([C@H](O)CN(Cc2ccccc2)Cc2ccccc2)c1.Cl.S.S. The average Bonchev–Trinajstić information content (AvgIpc) is 2.75. The van der Waals surface area contributed by atoms with Gasteiger partial charge < -0.3 is 9.84 Å². The van der Waals surface area contributed by atoms with Crippen LogP contribution in [0.25, 0.3) is 0 Å². The first kappa shape index (κ1) is 30.4. The van der Waals surface area contributed by atoms with Gasteiger partial charge in [0.25, 0.3) is 0 Å². The van der Waals surface area contributed by atoms with Crippen LogP contribution in [0.3, 0.4) is 0 Å². The highest BCUT2D eigenvalue weighted by Crippen LogP contribution is 2.23. The Morgan fingerprint density at radius 3 is 1.84 bits per heavy atom. The van der Waals surface area contributed by atoms with E-state index in [1.807, 2.05) is 36.4 Å². The molecule has 0 amide bonds. The standard InChI is InChI=1S/C26H31NO2.ClH.2H2S/c1-3-21(2)29-25-16-10-15-24(17-25)26(28)20-27(18-22-11-6-4-7-12-22)19-23-13-8-5-9-14-23;;;/h4-17,21,26,28H,3,18-20H2,1-2H3;1H;2*1H2/t21-,26+;;;/m0.../s1. The minimum atomic E-state index is -0.581. The first-order valence-corrected chi connectivity index (χ1v) is 10.4. The van der Waals surface area contributed by atoms with Gasteiger partial charge in [-0.2, -0.15) is 27.0 Å². The molecule has 0 aliphatic heterocycles. The molecule has 176 valence electrons. The third-order valence-corrected chi connectivity index (χ3v) is 5.08. The molecule has 0 aliphatic rings. The Morgan fingerprint density at radius 2 is 1.34 bits per heavy atom. The maximum absolute atomic E-state index is 11.0. The first-order valence-electron chi connectivity index (χ1n) is 10.4. The van der Waals surface area contributed by atoms with Crippen molar-refractivity contribution >= 4 is 39.4 Å². The van der Waals surface area contributed by atoms with Crippen molar-refractivity contribution in [3.63, 3.8) is 0 Å². The van der Waals surface area contributed by atoms with Gasteiger partial charge in [0.1, 0.15) is 5.75 Å². The Kier molecular flexibility index (Phi) is 15.2. The summed E-state index contributed by atoms with van der Waals surface area (Å²) in [6.07, 6.45) is 0.535. The van der Waals surface area contributed by atoms with Crippen LogP contribution in [0.4, 0.5) is 0 Å². The predicted octanol–water partition coefficient (Wildman–Crippen LogP) is 6.25. The molecule has 0 fully saturated rings. The molecule has 3 nitrogen and oxygen atoms in total. The van der Waals surface area contributed by atoms with E-state index in [-0.39, 0.29) is 45.5 Å². The zero-order valence-electron chi connectivity index (χ0n) is 18.8. The number of hydrogen-bond donors (Lipinski definition) is 1. The fourth-order valence-electron chi connectivity index (χ4n) is 3.33. The second-order valence-electron chi connectivity index (χ2n) is 7.57. The van der Waals surface area contributed by atoms with Gasteiger partial charge in [0.2, 0.25) is 0 Å². The molecule has 3 rings (SSSR count). The lowest BCUT2D eigenvalue weighted by Crippen LogP contribution is -2.28. The highest BCUT2D eigenvalue weighted by Gasteiger charge is 2.16. The number of rotatable bonds is 10. The van der Waals surface area contributed by atoms with Crippen LogP contribution in [0.5, 0.6) is 5.75 Å². The molecule has 0 saturated carbocycles. The van der Waals surface area contributed by atoms with Crippen LogP contribution < -0.4 is 4.74 Å². The Labute approximate surface area is 213 Å². The molecule has 0 saturated heterocycles. The summed E-state index contributed by atoms with van der Waals surface area (Å²) in [7, 11) is 0. The molecular formula is C26H36ClNO2S2. The van der Waals surface area contributed by atoms with Gasteiger partial charge in [-0.15, -0.1) is 12.4 Å². The lowest BCUT2D eigenvalue weighted by Gasteiger charge is -2.26. The van der Waals surface area contributed by atoms with Crippen LogP contribution in [0.2, 0.25) is 0 Å². The Hall–Kier alpha value is -1.63. The van der Waals surface area contributed by atoms with E-state index >= 15 is 0 Å². The van der Waals surface area contributed by atoms with E-state index in [9.17, 15) is 5.11 Å². The molecule has 0 unspecified atom stereocenters. The number of halogens is 1. The van der Waals surface area contributed by atoms with Gasteiger partial charge >= 0.3 is 0 Å². The zero-order chi connectivity index (χ0) is 20.5. The quantitative estimate of drug-likeness (QED) is 0.362. The van der Waals surface area contributed by atoms with Crippen LogP contribution in [-0.4, -0.2) is 22.7 Å². The van der Waals surface area contributed by atoms with Crippen LogP contribution >= 0.6 is 39.4 Å². The topological polar surface area (TPSA) is 32.7 Å². The van der Waals surface area contributed by atoms with Crippen molar-refractivity contribution in [1.29, 1.82) is 0 Å². The molecule has 6 heteroatoms. The van der Waals surface area contributed by atoms with Gasteiger partial charge in [-0.05, 0) is 42.2 Å². The van der Waals surface area contributed by atoms with E-state index in [0.717, 1.165) is 30.8 Å². The molecule has 1 N–H and O–H groups in total. The van der Waals surface area contributed by atoms with Crippen LogP contribution in [-0.2, 0) is 13.1 Å². The van der Waals surface area contributed by atoms with Crippen LogP contribution in [0, 0.1) is 0 Å². The molecule has 0 heterocycles. The Morgan fingerprint density at radius 1 is 0.812 bits per heavy atom. The summed E-state index contributed by atoms with van der Waals surface area (Å²) in [4.78, 5) is 2.29. The Balaban J connectivity index is 0.00000320. The van der Waals surface area contributed by atoms with Gasteiger partial charge in [-0.25, -0.2) is 0 Å². The summed E-state index contributed by atoms with van der Waals surface area (Å²) in [5, 5.41) is 11.0. The molecule has 32 heavy (non-hydrogen) atoms. The number of aliphatic hydroxyl groups is 1. The first-order chi connectivity index (χ1) is 14.1. The maximum atomic E-state index is 11.0. The highest BCUT2D eigenvalue weighted by atomic mass is 35.5. The predicted molar refractivity (Wildman–Crippen MR) is 147 cm³/mol. The van der Waals surface area contributed by atoms with E-state index in [2.05, 4.69) is 67.3 Å². The minimum absolute atomic E-state index is 0. The molecule has 0 radical (unpaired) electrons. The van der Waals surface area contributed by atoms with Crippen molar-refractivity contribution in [3.05, 3.63) is 102 Å². The number of aliphatic hydroxyl groups excluding tert-OH is 1.